The predicted molar refractivity (Wildman–Crippen MR) is 223 cm³/mol. The van der Waals surface area contributed by atoms with E-state index < -0.39 is 52.8 Å². The van der Waals surface area contributed by atoms with Crippen LogP contribution in [-0.4, -0.2) is 53.9 Å². The molecule has 0 amide bonds. The van der Waals surface area contributed by atoms with E-state index in [9.17, 15) is 0 Å². The van der Waals surface area contributed by atoms with E-state index in [2.05, 4.69) is 53.3 Å². The average Bonchev–Trinajstić information content (AvgIpc) is 3.55. The van der Waals surface area contributed by atoms with Gasteiger partial charge in [-0.05, 0) is 0 Å². The molecule has 1 aliphatic heterocycles. The minimum atomic E-state index is -3.12. The predicted octanol–water partition coefficient (Wildman–Crippen LogP) is 12.1. The minimum absolute atomic E-state index is 0.227. The van der Waals surface area contributed by atoms with Crippen molar-refractivity contribution in [3.05, 3.63) is 60.7 Å². The molecule has 1 heterocycles. The fourth-order valence-corrected chi connectivity index (χ4v) is 65.1. The van der Waals surface area contributed by atoms with Gasteiger partial charge in [-0.3, -0.25) is 0 Å². The Morgan fingerprint density at radius 3 is 1.00 bits per heavy atom. The molecular formula is C40H66O4P2SSn2. The fourth-order valence-electron chi connectivity index (χ4n) is 7.74. The number of hydrogen-bond acceptors (Lipinski definition) is 5. The number of rotatable bonds is 24. The van der Waals surface area contributed by atoms with Gasteiger partial charge >= 0.3 is 318 Å². The monoisotopic (exact) mass is 944 g/mol. The van der Waals surface area contributed by atoms with Gasteiger partial charge in [0.2, 0.25) is 0 Å². The summed E-state index contributed by atoms with van der Waals surface area (Å²) in [4.78, 5) is 30.2. The van der Waals surface area contributed by atoms with Gasteiger partial charge in [0.25, 0.3) is 0 Å². The van der Waals surface area contributed by atoms with Crippen molar-refractivity contribution in [2.24, 2.45) is 0 Å². The van der Waals surface area contributed by atoms with Crippen molar-refractivity contribution in [1.82, 2.24) is 0 Å². The second kappa shape index (κ2) is 23.8. The Kier molecular flexibility index (Phi) is 21.2. The van der Waals surface area contributed by atoms with Gasteiger partial charge in [-0.25, -0.2) is 0 Å². The number of para-hydroxylation sites is 2. The first-order chi connectivity index (χ1) is 23.8. The van der Waals surface area contributed by atoms with Crippen molar-refractivity contribution in [1.29, 1.82) is 0 Å². The molecule has 9 heteroatoms. The maximum absolute atomic E-state index is 15.1. The molecule has 0 bridgehead atoms. The van der Waals surface area contributed by atoms with Gasteiger partial charge in [-0.1, -0.05) is 0 Å². The third-order valence-corrected chi connectivity index (χ3v) is 56.2. The van der Waals surface area contributed by atoms with Gasteiger partial charge in [-0.2, -0.15) is 0 Å². The van der Waals surface area contributed by atoms with E-state index in [1.165, 1.54) is 104 Å². The summed E-state index contributed by atoms with van der Waals surface area (Å²) in [5.74, 6) is 1.27. The van der Waals surface area contributed by atoms with Crippen molar-refractivity contribution >= 4 is 75.1 Å². The van der Waals surface area contributed by atoms with Gasteiger partial charge in [0.1, 0.15) is 0 Å². The Balaban J connectivity index is 2.43. The summed E-state index contributed by atoms with van der Waals surface area (Å²) < 4.78 is 21.3. The van der Waals surface area contributed by atoms with Gasteiger partial charge in [0.05, 0.1) is 0 Å². The van der Waals surface area contributed by atoms with Crippen LogP contribution < -0.4 is 18.8 Å². The van der Waals surface area contributed by atoms with Crippen LogP contribution >= 0.6 is 27.8 Å². The van der Waals surface area contributed by atoms with E-state index in [-0.39, 0.29) is 6.53 Å². The zero-order valence-corrected chi connectivity index (χ0v) is 39.9. The summed E-state index contributed by atoms with van der Waals surface area (Å²) in [6.45, 7) is 14.0. The first-order valence-corrected chi connectivity index (χ1v) is 38.3. The van der Waals surface area contributed by atoms with Crippen LogP contribution in [0.4, 0.5) is 0 Å². The van der Waals surface area contributed by atoms with Crippen molar-refractivity contribution in [2.75, 3.05) is 0 Å². The number of hydrogen-bond donors (Lipinski definition) is 0. The molecule has 2 aromatic carbocycles. The Morgan fingerprint density at radius 1 is 0.490 bits per heavy atom. The van der Waals surface area contributed by atoms with Crippen LogP contribution in [0.25, 0.3) is 0 Å². The van der Waals surface area contributed by atoms with Crippen LogP contribution in [0.3, 0.4) is 0 Å². The van der Waals surface area contributed by atoms with Crippen molar-refractivity contribution < 1.29 is 18.8 Å². The Labute approximate surface area is 315 Å². The topological polar surface area (TPSA) is 64.6 Å². The van der Waals surface area contributed by atoms with Gasteiger partial charge in [-0.15, -0.1) is 0 Å². The van der Waals surface area contributed by atoms with Crippen molar-refractivity contribution in [3.8, 4) is 11.5 Å². The molecule has 0 N–H and O–H groups in total. The van der Waals surface area contributed by atoms with E-state index >= 15 is 9.79 Å². The molecule has 274 valence electrons. The summed E-state index contributed by atoms with van der Waals surface area (Å²) >= 11 is -4.04. The van der Waals surface area contributed by atoms with Crippen LogP contribution in [0.2, 0.25) is 26.6 Å². The summed E-state index contributed by atoms with van der Waals surface area (Å²) in [5.41, 5.74) is 0. The molecule has 3 rings (SSSR count). The molecule has 0 aliphatic carbocycles. The van der Waals surface area contributed by atoms with E-state index in [1.54, 1.807) is 0 Å². The molecule has 4 nitrogen and oxygen atoms in total. The third-order valence-electron chi connectivity index (χ3n) is 10.6. The van der Waals surface area contributed by atoms with E-state index in [0.29, 0.717) is 11.5 Å². The van der Waals surface area contributed by atoms with Crippen molar-refractivity contribution in [2.45, 2.75) is 152 Å². The molecular weight excluding hydrogens is 876 g/mol. The standard InChI is InChI=1S/C16H12O4P2S.6C4H9.2Sn/c17-21(19-13-7-3-1-4-8-13)15-11-23-12-16(15)22(18)20-14-9-5-2-6-10-14;6*1-3-4-2;;/h1-12H;6*1,3-4H2,2H3;;. The zero-order valence-electron chi connectivity index (χ0n) is 31.6. The van der Waals surface area contributed by atoms with E-state index in [0.717, 1.165) is 10.6 Å². The SMILES string of the molecule is CCC[CH2][Sn]([CH2]CCC)([CH2]CCC)[CH]1S[CH]([Sn]([CH2]CCC)([CH2]CCC)[CH2]CCC)C(=[P+](\[O-])Oc2ccccc2)/C1=[P+](\[O-])Oc1ccccc1. The molecule has 0 spiro atoms. The number of thioether (sulfide) groups is 1. The molecule has 1 saturated heterocycles. The van der Waals surface area contributed by atoms with Crippen LogP contribution in [0.5, 0.6) is 11.5 Å². The molecule has 1 aliphatic rings. The van der Waals surface area contributed by atoms with Gasteiger partial charge < -0.3 is 0 Å². The fraction of sp³-hybridized carbons (Fsp3) is 0.650. The Morgan fingerprint density at radius 2 is 0.755 bits per heavy atom. The van der Waals surface area contributed by atoms with Crippen LogP contribution in [0, 0.1) is 0 Å². The van der Waals surface area contributed by atoms with E-state index in [1.807, 2.05) is 60.7 Å². The first-order valence-electron chi connectivity index (χ1n) is 19.6. The molecule has 4 atom stereocenters. The second-order valence-corrected chi connectivity index (χ2v) is 47.7. The van der Waals surface area contributed by atoms with Gasteiger partial charge in [0.15, 0.2) is 0 Å². The summed E-state index contributed by atoms with van der Waals surface area (Å²) in [5, 5.41) is 1.88. The molecule has 4 unspecified atom stereocenters. The average molecular weight is 942 g/mol. The Bertz CT molecular complexity index is 1140. The van der Waals surface area contributed by atoms with Crippen LogP contribution in [0.15, 0.2) is 60.7 Å². The second-order valence-electron chi connectivity index (χ2n) is 14.3. The normalized spacial score (nSPS) is 18.9. The number of unbranched alkanes of at least 4 members (excludes halogenated alkanes) is 6. The number of benzene rings is 2. The Hall–Kier alpha value is 0.247. The van der Waals surface area contributed by atoms with Gasteiger partial charge in [0, 0.05) is 0 Å². The first kappa shape index (κ1) is 43.7. The summed E-state index contributed by atoms with van der Waals surface area (Å²) in [6, 6.07) is 19.4. The zero-order chi connectivity index (χ0) is 35.5. The van der Waals surface area contributed by atoms with Crippen molar-refractivity contribution in [3.63, 3.8) is 0 Å². The third kappa shape index (κ3) is 12.7. The van der Waals surface area contributed by atoms with Crippen LogP contribution in [-0.2, 0) is 0 Å². The molecule has 0 aromatic heterocycles. The molecule has 1 fully saturated rings. The molecule has 0 saturated carbocycles. The summed E-state index contributed by atoms with van der Waals surface area (Å²) in [7, 11) is -4.47. The molecule has 2 aromatic rings. The summed E-state index contributed by atoms with van der Waals surface area (Å²) in [6.07, 6.45) is 14.6. The maximum atomic E-state index is 15.1. The molecule has 49 heavy (non-hydrogen) atoms. The van der Waals surface area contributed by atoms with E-state index in [4.69, 9.17) is 9.05 Å². The quantitative estimate of drug-likeness (QED) is 0.0775. The van der Waals surface area contributed by atoms with Crippen LogP contribution in [0.1, 0.15) is 119 Å². The molecule has 0 radical (unpaired) electrons.